The maximum absolute atomic E-state index is 5.15. The van der Waals surface area contributed by atoms with Gasteiger partial charge in [0.05, 0.1) is 10.7 Å². The molecular formula is C13H24N2OS. The number of nitrogens with one attached hydrogen (secondary N) is 1. The number of rotatable bonds is 8. The van der Waals surface area contributed by atoms with Crippen LogP contribution in [0.25, 0.3) is 0 Å². The number of hydrogen-bond donors (Lipinski definition) is 1. The van der Waals surface area contributed by atoms with Crippen LogP contribution in [0.2, 0.25) is 0 Å². The highest BCUT2D eigenvalue weighted by atomic mass is 32.1. The van der Waals surface area contributed by atoms with Gasteiger partial charge >= 0.3 is 0 Å². The molecule has 0 saturated heterocycles. The molecule has 0 amide bonds. The lowest BCUT2D eigenvalue weighted by molar-refractivity contribution is 0.170. The number of likely N-dealkylation sites (N-methyl/N-ethyl adjacent to an activating group) is 1. The van der Waals surface area contributed by atoms with Crippen LogP contribution >= 0.6 is 11.3 Å². The van der Waals surface area contributed by atoms with Crippen LogP contribution in [0.1, 0.15) is 31.0 Å². The van der Waals surface area contributed by atoms with Crippen molar-refractivity contribution in [1.82, 2.24) is 10.3 Å². The van der Waals surface area contributed by atoms with Gasteiger partial charge in [0, 0.05) is 31.6 Å². The Morgan fingerprint density at radius 2 is 2.29 bits per heavy atom. The van der Waals surface area contributed by atoms with E-state index in [-0.39, 0.29) is 0 Å². The van der Waals surface area contributed by atoms with Crippen molar-refractivity contribution in [2.45, 2.75) is 39.7 Å². The fraction of sp³-hybridized carbons (Fsp3) is 0.769. The molecule has 3 nitrogen and oxygen atoms in total. The minimum Gasteiger partial charge on any atom is -0.385 e. The molecule has 0 saturated carbocycles. The summed E-state index contributed by atoms with van der Waals surface area (Å²) >= 11 is 1.73. The number of methoxy groups -OCH3 is 1. The molecule has 2 unspecified atom stereocenters. The maximum atomic E-state index is 5.15. The highest BCUT2D eigenvalue weighted by Gasteiger charge is 2.17. The molecule has 0 bridgehead atoms. The largest absolute Gasteiger partial charge is 0.385 e. The van der Waals surface area contributed by atoms with Gasteiger partial charge in [-0.15, -0.1) is 11.3 Å². The van der Waals surface area contributed by atoms with Gasteiger partial charge in [0.15, 0.2) is 0 Å². The second-order valence-corrected chi connectivity index (χ2v) is 5.55. The Balaban J connectivity index is 2.52. The Bertz CT molecular complexity index is 314. The van der Waals surface area contributed by atoms with Crippen molar-refractivity contribution in [2.75, 3.05) is 20.3 Å². The SMILES string of the molecule is CCNC(Cc1csc(C)n1)C(C)CCOC. The molecule has 0 spiro atoms. The number of ether oxygens (including phenoxy) is 1. The van der Waals surface area contributed by atoms with Gasteiger partial charge in [-0.3, -0.25) is 0 Å². The minimum atomic E-state index is 0.497. The first-order valence-electron chi connectivity index (χ1n) is 6.30. The predicted molar refractivity (Wildman–Crippen MR) is 73.7 cm³/mol. The van der Waals surface area contributed by atoms with E-state index in [0.29, 0.717) is 12.0 Å². The standard InChI is InChI=1S/C13H24N2OS/c1-5-14-13(10(2)6-7-16-4)8-12-9-17-11(3)15-12/h9-10,13-14H,5-8H2,1-4H3. The smallest absolute Gasteiger partial charge is 0.0897 e. The van der Waals surface area contributed by atoms with E-state index in [1.807, 2.05) is 0 Å². The number of aromatic nitrogens is 1. The topological polar surface area (TPSA) is 34.2 Å². The zero-order chi connectivity index (χ0) is 12.7. The van der Waals surface area contributed by atoms with E-state index in [9.17, 15) is 0 Å². The second kappa shape index (κ2) is 7.80. The molecule has 0 aliphatic heterocycles. The van der Waals surface area contributed by atoms with E-state index >= 15 is 0 Å². The van der Waals surface area contributed by atoms with Crippen LogP contribution in [0, 0.1) is 12.8 Å². The number of aryl methyl sites for hydroxylation is 1. The van der Waals surface area contributed by atoms with Crippen LogP contribution in [0.4, 0.5) is 0 Å². The maximum Gasteiger partial charge on any atom is 0.0897 e. The van der Waals surface area contributed by atoms with Gasteiger partial charge < -0.3 is 10.1 Å². The Morgan fingerprint density at radius 1 is 1.53 bits per heavy atom. The van der Waals surface area contributed by atoms with Gasteiger partial charge in [-0.05, 0) is 25.8 Å². The fourth-order valence-electron chi connectivity index (χ4n) is 1.97. The van der Waals surface area contributed by atoms with Crippen molar-refractivity contribution in [1.29, 1.82) is 0 Å². The second-order valence-electron chi connectivity index (χ2n) is 4.48. The normalized spacial score (nSPS) is 14.8. The lowest BCUT2D eigenvalue weighted by atomic mass is 9.95. The van der Waals surface area contributed by atoms with Crippen molar-refractivity contribution in [3.8, 4) is 0 Å². The molecule has 98 valence electrons. The van der Waals surface area contributed by atoms with Crippen LogP contribution < -0.4 is 5.32 Å². The fourth-order valence-corrected chi connectivity index (χ4v) is 2.59. The first-order chi connectivity index (χ1) is 8.17. The summed E-state index contributed by atoms with van der Waals surface area (Å²) in [5, 5.41) is 6.88. The highest BCUT2D eigenvalue weighted by molar-refractivity contribution is 7.09. The van der Waals surface area contributed by atoms with E-state index in [1.54, 1.807) is 18.4 Å². The average Bonchev–Trinajstić information content (AvgIpc) is 2.71. The first kappa shape index (κ1) is 14.6. The zero-order valence-electron chi connectivity index (χ0n) is 11.3. The Kier molecular flexibility index (Phi) is 6.70. The van der Waals surface area contributed by atoms with Crippen molar-refractivity contribution in [3.05, 3.63) is 16.1 Å². The molecular weight excluding hydrogens is 232 g/mol. The molecule has 4 heteroatoms. The molecule has 0 fully saturated rings. The van der Waals surface area contributed by atoms with E-state index < -0.39 is 0 Å². The van der Waals surface area contributed by atoms with Crippen molar-refractivity contribution in [2.24, 2.45) is 5.92 Å². The van der Waals surface area contributed by atoms with Crippen molar-refractivity contribution >= 4 is 11.3 Å². The van der Waals surface area contributed by atoms with Crippen LogP contribution in [-0.2, 0) is 11.2 Å². The molecule has 0 aliphatic carbocycles. The lowest BCUT2D eigenvalue weighted by Gasteiger charge is -2.24. The predicted octanol–water partition coefficient (Wildman–Crippen LogP) is 2.64. The summed E-state index contributed by atoms with van der Waals surface area (Å²) in [7, 11) is 1.76. The van der Waals surface area contributed by atoms with E-state index in [2.05, 4.69) is 36.5 Å². The van der Waals surface area contributed by atoms with E-state index in [4.69, 9.17) is 4.74 Å². The quantitative estimate of drug-likeness (QED) is 0.776. The zero-order valence-corrected chi connectivity index (χ0v) is 12.1. The Labute approximate surface area is 109 Å². The van der Waals surface area contributed by atoms with Gasteiger partial charge in [0.25, 0.3) is 0 Å². The summed E-state index contributed by atoms with van der Waals surface area (Å²) in [6.45, 7) is 8.34. The summed E-state index contributed by atoms with van der Waals surface area (Å²) < 4.78 is 5.15. The molecule has 1 rings (SSSR count). The third-order valence-electron chi connectivity index (χ3n) is 3.03. The Morgan fingerprint density at radius 3 is 2.82 bits per heavy atom. The molecule has 1 aromatic heterocycles. The summed E-state index contributed by atoms with van der Waals surface area (Å²) in [6, 6.07) is 0.497. The molecule has 1 heterocycles. The van der Waals surface area contributed by atoms with Crippen LogP contribution in [0.15, 0.2) is 5.38 Å². The third kappa shape index (κ3) is 5.15. The summed E-state index contributed by atoms with van der Waals surface area (Å²) in [6.07, 6.45) is 2.11. The van der Waals surface area contributed by atoms with E-state index in [1.165, 1.54) is 5.69 Å². The number of hydrogen-bond acceptors (Lipinski definition) is 4. The lowest BCUT2D eigenvalue weighted by Crippen LogP contribution is -2.37. The number of thiazole rings is 1. The molecule has 2 atom stereocenters. The molecule has 17 heavy (non-hydrogen) atoms. The third-order valence-corrected chi connectivity index (χ3v) is 3.85. The Hall–Kier alpha value is -0.450. The molecule has 0 radical (unpaired) electrons. The van der Waals surface area contributed by atoms with Gasteiger partial charge in [0.1, 0.15) is 0 Å². The summed E-state index contributed by atoms with van der Waals surface area (Å²) in [5.74, 6) is 0.608. The first-order valence-corrected chi connectivity index (χ1v) is 7.18. The van der Waals surface area contributed by atoms with Gasteiger partial charge in [-0.25, -0.2) is 4.98 Å². The van der Waals surface area contributed by atoms with Crippen molar-refractivity contribution in [3.63, 3.8) is 0 Å². The molecule has 1 aromatic rings. The van der Waals surface area contributed by atoms with Crippen LogP contribution in [0.3, 0.4) is 0 Å². The van der Waals surface area contributed by atoms with Crippen molar-refractivity contribution < 1.29 is 4.74 Å². The van der Waals surface area contributed by atoms with E-state index in [0.717, 1.165) is 31.0 Å². The van der Waals surface area contributed by atoms with Gasteiger partial charge in [-0.1, -0.05) is 13.8 Å². The number of nitrogens with zero attached hydrogens (tertiary/aromatic N) is 1. The monoisotopic (exact) mass is 256 g/mol. The average molecular weight is 256 g/mol. The van der Waals surface area contributed by atoms with Gasteiger partial charge in [-0.2, -0.15) is 0 Å². The minimum absolute atomic E-state index is 0.497. The van der Waals surface area contributed by atoms with Crippen LogP contribution in [-0.4, -0.2) is 31.3 Å². The van der Waals surface area contributed by atoms with Crippen LogP contribution in [0.5, 0.6) is 0 Å². The molecule has 0 aromatic carbocycles. The highest BCUT2D eigenvalue weighted by Crippen LogP contribution is 2.16. The molecule has 1 N–H and O–H groups in total. The summed E-state index contributed by atoms with van der Waals surface area (Å²) in [5.41, 5.74) is 1.21. The molecule has 0 aliphatic rings. The summed E-state index contributed by atoms with van der Waals surface area (Å²) in [4.78, 5) is 4.54. The van der Waals surface area contributed by atoms with Gasteiger partial charge in [0.2, 0.25) is 0 Å².